The number of thiol groups is 1. The number of aliphatic hydroxyl groups is 3. The van der Waals surface area contributed by atoms with Gasteiger partial charge >= 0.3 is 0 Å². The van der Waals surface area contributed by atoms with Gasteiger partial charge in [0.1, 0.15) is 12.2 Å². The molecule has 14 heavy (non-hydrogen) atoms. The Labute approximate surface area is 88.1 Å². The van der Waals surface area contributed by atoms with Gasteiger partial charge in [0.2, 0.25) is 0 Å². The van der Waals surface area contributed by atoms with Crippen LogP contribution < -0.4 is 0 Å². The largest absolute Gasteiger partial charge is 0.394 e. The summed E-state index contributed by atoms with van der Waals surface area (Å²) in [6, 6.07) is 0. The third-order valence-electron chi connectivity index (χ3n) is 2.11. The van der Waals surface area contributed by atoms with Crippen LogP contribution in [0.15, 0.2) is 0 Å². The van der Waals surface area contributed by atoms with Gasteiger partial charge in [0.05, 0.1) is 19.3 Å². The molecule has 5 nitrogen and oxygen atoms in total. The van der Waals surface area contributed by atoms with E-state index in [1.807, 2.05) is 0 Å². The van der Waals surface area contributed by atoms with E-state index in [2.05, 4.69) is 12.6 Å². The summed E-state index contributed by atoms with van der Waals surface area (Å²) in [5.41, 5.74) is 0. The molecule has 0 radical (unpaired) electrons. The number of rotatable bonds is 4. The van der Waals surface area contributed by atoms with Crippen LogP contribution in [0.25, 0.3) is 0 Å². The van der Waals surface area contributed by atoms with E-state index >= 15 is 0 Å². The number of aliphatic hydroxyl groups excluding tert-OH is 3. The molecule has 84 valence electrons. The van der Waals surface area contributed by atoms with Gasteiger partial charge in [-0.05, 0) is 0 Å². The van der Waals surface area contributed by atoms with E-state index in [-0.39, 0.29) is 13.0 Å². The molecule has 4 unspecified atom stereocenters. The normalized spacial score (nSPS) is 38.6. The van der Waals surface area contributed by atoms with Crippen molar-refractivity contribution < 1.29 is 24.8 Å². The van der Waals surface area contributed by atoms with Gasteiger partial charge in [0, 0.05) is 12.2 Å². The first-order chi connectivity index (χ1) is 6.69. The Morgan fingerprint density at radius 3 is 2.71 bits per heavy atom. The first-order valence-electron chi connectivity index (χ1n) is 4.54. The van der Waals surface area contributed by atoms with E-state index in [4.69, 9.17) is 14.6 Å². The molecule has 6 heteroatoms. The van der Waals surface area contributed by atoms with Gasteiger partial charge in [-0.2, -0.15) is 12.6 Å². The highest BCUT2D eigenvalue weighted by atomic mass is 32.1. The van der Waals surface area contributed by atoms with Crippen LogP contribution in [0.1, 0.15) is 6.42 Å². The first kappa shape index (κ1) is 12.2. The van der Waals surface area contributed by atoms with Crippen LogP contribution >= 0.6 is 12.6 Å². The van der Waals surface area contributed by atoms with Crippen LogP contribution in [0.4, 0.5) is 0 Å². The zero-order valence-corrected chi connectivity index (χ0v) is 8.64. The van der Waals surface area contributed by atoms with Crippen LogP contribution in [0.3, 0.4) is 0 Å². The summed E-state index contributed by atoms with van der Waals surface area (Å²) in [4.78, 5) is 0. The van der Waals surface area contributed by atoms with Crippen molar-refractivity contribution in [1.29, 1.82) is 0 Å². The van der Waals surface area contributed by atoms with Gasteiger partial charge in [-0.1, -0.05) is 0 Å². The van der Waals surface area contributed by atoms with Crippen LogP contribution in [-0.2, 0) is 9.47 Å². The average molecular weight is 224 g/mol. The highest BCUT2D eigenvalue weighted by Gasteiger charge is 2.36. The lowest BCUT2D eigenvalue weighted by Gasteiger charge is -2.35. The second-order valence-corrected chi connectivity index (χ2v) is 3.62. The maximum atomic E-state index is 9.41. The van der Waals surface area contributed by atoms with Crippen molar-refractivity contribution in [2.75, 3.05) is 19.0 Å². The molecule has 4 atom stereocenters. The van der Waals surface area contributed by atoms with Crippen LogP contribution in [-0.4, -0.2) is 58.9 Å². The van der Waals surface area contributed by atoms with Gasteiger partial charge in [-0.15, -0.1) is 0 Å². The SMILES string of the molecule is OCC1OC(OCCS)CC(O)C1O. The van der Waals surface area contributed by atoms with E-state index in [9.17, 15) is 10.2 Å². The van der Waals surface area contributed by atoms with Gasteiger partial charge in [-0.3, -0.25) is 0 Å². The Kier molecular flexibility index (Phi) is 5.14. The van der Waals surface area contributed by atoms with E-state index in [1.165, 1.54) is 0 Å². The molecule has 1 saturated heterocycles. The van der Waals surface area contributed by atoms with Crippen molar-refractivity contribution in [3.05, 3.63) is 0 Å². The average Bonchev–Trinajstić information content (AvgIpc) is 2.19. The minimum absolute atomic E-state index is 0.214. The van der Waals surface area contributed by atoms with Crippen molar-refractivity contribution in [3.8, 4) is 0 Å². The molecule has 0 bridgehead atoms. The van der Waals surface area contributed by atoms with Crippen molar-refractivity contribution in [1.82, 2.24) is 0 Å². The van der Waals surface area contributed by atoms with Crippen molar-refractivity contribution in [2.24, 2.45) is 0 Å². The zero-order chi connectivity index (χ0) is 10.6. The maximum absolute atomic E-state index is 9.41. The molecule has 0 saturated carbocycles. The predicted octanol–water partition coefficient (Wildman–Crippen LogP) is -1.24. The molecule has 0 amide bonds. The van der Waals surface area contributed by atoms with E-state index in [1.54, 1.807) is 0 Å². The lowest BCUT2D eigenvalue weighted by molar-refractivity contribution is -0.255. The van der Waals surface area contributed by atoms with Crippen LogP contribution in [0, 0.1) is 0 Å². The van der Waals surface area contributed by atoms with E-state index in [0.717, 1.165) is 0 Å². The fourth-order valence-electron chi connectivity index (χ4n) is 1.36. The van der Waals surface area contributed by atoms with Crippen molar-refractivity contribution in [3.63, 3.8) is 0 Å². The Morgan fingerprint density at radius 2 is 2.14 bits per heavy atom. The summed E-state index contributed by atoms with van der Waals surface area (Å²) in [5, 5.41) is 27.6. The van der Waals surface area contributed by atoms with Crippen molar-refractivity contribution in [2.45, 2.75) is 31.0 Å². The van der Waals surface area contributed by atoms with Gasteiger partial charge in [0.15, 0.2) is 6.29 Å². The standard InChI is InChI=1S/C8H16O5S/c9-4-6-8(11)5(10)3-7(13-6)12-1-2-14/h5-11,14H,1-4H2. The maximum Gasteiger partial charge on any atom is 0.160 e. The van der Waals surface area contributed by atoms with Crippen molar-refractivity contribution >= 4 is 12.6 Å². The summed E-state index contributed by atoms with van der Waals surface area (Å²) in [6.07, 6.45) is -3.09. The third kappa shape index (κ3) is 3.08. The summed E-state index contributed by atoms with van der Waals surface area (Å²) >= 11 is 3.96. The lowest BCUT2D eigenvalue weighted by atomic mass is 10.0. The van der Waals surface area contributed by atoms with E-state index in [0.29, 0.717) is 12.4 Å². The van der Waals surface area contributed by atoms with Gasteiger partial charge in [0.25, 0.3) is 0 Å². The number of ether oxygens (including phenoxy) is 2. The number of hydrogen-bond acceptors (Lipinski definition) is 6. The second-order valence-electron chi connectivity index (χ2n) is 3.17. The first-order valence-corrected chi connectivity index (χ1v) is 5.17. The molecule has 0 aromatic heterocycles. The van der Waals surface area contributed by atoms with Gasteiger partial charge < -0.3 is 24.8 Å². The minimum atomic E-state index is -1.05. The fourth-order valence-corrected chi connectivity index (χ4v) is 1.46. The summed E-state index contributed by atoms with van der Waals surface area (Å²) in [7, 11) is 0. The lowest BCUT2D eigenvalue weighted by Crippen LogP contribution is -2.50. The molecule has 1 heterocycles. The molecule has 1 rings (SSSR count). The Bertz CT molecular complexity index is 168. The van der Waals surface area contributed by atoms with Gasteiger partial charge in [-0.25, -0.2) is 0 Å². The molecule has 0 spiro atoms. The van der Waals surface area contributed by atoms with Crippen LogP contribution in [0.2, 0.25) is 0 Å². The smallest absolute Gasteiger partial charge is 0.160 e. The molecule has 0 aromatic carbocycles. The van der Waals surface area contributed by atoms with Crippen LogP contribution in [0.5, 0.6) is 0 Å². The summed E-state index contributed by atoms with van der Waals surface area (Å²) in [6.45, 7) is 0.0771. The predicted molar refractivity (Wildman–Crippen MR) is 52.2 cm³/mol. The molecule has 0 aromatic rings. The quantitative estimate of drug-likeness (QED) is 0.449. The highest BCUT2D eigenvalue weighted by molar-refractivity contribution is 7.80. The highest BCUT2D eigenvalue weighted by Crippen LogP contribution is 2.20. The minimum Gasteiger partial charge on any atom is -0.394 e. The Hall–Kier alpha value is 0.150. The summed E-state index contributed by atoms with van der Waals surface area (Å²) in [5.74, 6) is 0.558. The topological polar surface area (TPSA) is 79.2 Å². The molecule has 1 aliphatic rings. The van der Waals surface area contributed by atoms with E-state index < -0.39 is 24.6 Å². The monoisotopic (exact) mass is 224 g/mol. The summed E-state index contributed by atoms with van der Waals surface area (Å²) < 4.78 is 10.4. The molecule has 3 N–H and O–H groups in total. The molecular formula is C8H16O5S. The number of hydrogen-bond donors (Lipinski definition) is 4. The Balaban J connectivity index is 2.41. The fraction of sp³-hybridized carbons (Fsp3) is 1.00. The molecule has 0 aliphatic carbocycles. The Morgan fingerprint density at radius 1 is 1.43 bits per heavy atom. The molecule has 1 fully saturated rings. The second kappa shape index (κ2) is 5.89. The third-order valence-corrected chi connectivity index (χ3v) is 2.29. The molecule has 1 aliphatic heterocycles. The molecular weight excluding hydrogens is 208 g/mol. The zero-order valence-electron chi connectivity index (χ0n) is 7.74.